The molecule has 0 heterocycles. The van der Waals surface area contributed by atoms with Gasteiger partial charge in [0.2, 0.25) is 0 Å². The molecule has 0 fully saturated rings. The molecule has 0 saturated carbocycles. The van der Waals surface area contributed by atoms with Gasteiger partial charge >= 0.3 is 61.4 Å². The van der Waals surface area contributed by atoms with Gasteiger partial charge in [-0.05, 0) is 0 Å². The predicted octanol–water partition coefficient (Wildman–Crippen LogP) is -6.45. The Labute approximate surface area is 78.2 Å². The summed E-state index contributed by atoms with van der Waals surface area (Å²) >= 11 is 0. The van der Waals surface area contributed by atoms with Crippen LogP contribution in [0.4, 0.5) is 0 Å². The molecule has 0 aliphatic carbocycles. The van der Waals surface area contributed by atoms with E-state index in [1.807, 2.05) is 0 Å². The molecule has 0 aromatic carbocycles. The van der Waals surface area contributed by atoms with Gasteiger partial charge in [0, 0.05) is 0 Å². The van der Waals surface area contributed by atoms with E-state index in [0.29, 0.717) is 0 Å². The van der Waals surface area contributed by atoms with Crippen molar-refractivity contribution in [3.8, 4) is 0 Å². The molecule has 0 aromatic rings. The van der Waals surface area contributed by atoms with E-state index in [1.165, 1.54) is 0 Å². The van der Waals surface area contributed by atoms with Gasteiger partial charge in [-0.15, -0.1) is 0 Å². The largest absolute Gasteiger partial charge is 1.00 e. The summed E-state index contributed by atoms with van der Waals surface area (Å²) in [6.45, 7) is 0.125. The molecule has 0 bridgehead atoms. The Morgan fingerprint density at radius 1 is 1.29 bits per heavy atom. The van der Waals surface area contributed by atoms with E-state index >= 15 is 0 Å². The van der Waals surface area contributed by atoms with Crippen molar-refractivity contribution in [2.45, 2.75) is 0 Å². The molecule has 0 atom stereocenters. The van der Waals surface area contributed by atoms with Gasteiger partial charge in [-0.3, -0.25) is 9.59 Å². The van der Waals surface area contributed by atoms with Gasteiger partial charge in [0.15, 0.2) is 0 Å². The van der Waals surface area contributed by atoms with Crippen molar-refractivity contribution in [2.75, 3.05) is 0 Å². The van der Waals surface area contributed by atoms with Crippen LogP contribution in [0.25, 0.3) is 0 Å². The topological polar surface area (TPSA) is 43.4 Å². The fourth-order valence-electron chi connectivity index (χ4n) is 0.0227. The van der Waals surface area contributed by atoms with Crippen LogP contribution in [0.2, 0.25) is 0 Å². The van der Waals surface area contributed by atoms with Crippen molar-refractivity contribution in [1.29, 1.82) is 0 Å². The maximum Gasteiger partial charge on any atom is 1.00 e. The third-order valence-electron chi connectivity index (χ3n) is 0.111. The van der Waals surface area contributed by atoms with Crippen LogP contribution >= 0.6 is 0 Å². The van der Waals surface area contributed by atoms with Crippen LogP contribution < -0.4 is 48.4 Å². The molecule has 0 radical (unpaired) electrons. The van der Waals surface area contributed by atoms with Crippen molar-refractivity contribution >= 4 is 12.9 Å². The molecule has 0 saturated heterocycles. The second-order valence-electron chi connectivity index (χ2n) is 0.329. The van der Waals surface area contributed by atoms with Crippen LogP contribution in [0.1, 0.15) is 2.85 Å². The fraction of sp³-hybridized carbons (Fsp3) is 0. The molecule has 3 nitrogen and oxygen atoms in total. The van der Waals surface area contributed by atoms with Gasteiger partial charge in [-0.25, -0.2) is 0 Å². The number of hydrogen-bond donors (Lipinski definition) is 0. The summed E-state index contributed by atoms with van der Waals surface area (Å²) in [5.74, 6) is 0. The molecule has 0 rings (SSSR count). The Kier molecular flexibility index (Phi) is 35.5. The summed E-state index contributed by atoms with van der Waals surface area (Å²) in [4.78, 5) is 17.9. The van der Waals surface area contributed by atoms with E-state index in [1.54, 1.807) is 0 Å². The van der Waals surface area contributed by atoms with E-state index in [4.69, 9.17) is 9.59 Å². The number of hydrogen-bond acceptors (Lipinski definition) is 3. The van der Waals surface area contributed by atoms with E-state index < -0.39 is 0 Å². The Morgan fingerprint density at radius 2 is 1.57 bits per heavy atom. The first-order valence-electron chi connectivity index (χ1n) is 0.943. The number of rotatable bonds is 2. The molecule has 0 aromatic heterocycles. The van der Waals surface area contributed by atoms with Gasteiger partial charge < -0.3 is 7.59 Å². The minimum Gasteiger partial charge on any atom is -1.00 e. The Balaban J connectivity index is -0.0000000133. The molecular weight excluding hydrogens is 102 g/mol. The number of carbonyl (C=O) groups excluding carboxylic acids is 2. The summed E-state index contributed by atoms with van der Waals surface area (Å²) in [5.41, 5.74) is 0. The van der Waals surface area contributed by atoms with Crippen LogP contribution in [-0.2, 0) is 14.3 Å². The minimum absolute atomic E-state index is 0. The summed E-state index contributed by atoms with van der Waals surface area (Å²) < 4.78 is 3.47. The normalized spacial score (nSPS) is 4.00. The third kappa shape index (κ3) is 20.2. The van der Waals surface area contributed by atoms with Gasteiger partial charge in [0.25, 0.3) is 0 Å². The Hall–Kier alpha value is 0.737. The van der Waals surface area contributed by atoms with Crippen LogP contribution in [0.3, 0.4) is 0 Å². The molecule has 0 aliphatic heterocycles. The van der Waals surface area contributed by atoms with E-state index in [-0.39, 0.29) is 64.2 Å². The van der Waals surface area contributed by atoms with E-state index in [0.717, 1.165) is 0 Å². The quantitative estimate of drug-likeness (QED) is 0.200. The zero-order chi connectivity index (χ0) is 4.12. The van der Waals surface area contributed by atoms with Crippen molar-refractivity contribution in [3.05, 3.63) is 0 Å². The summed E-state index contributed by atoms with van der Waals surface area (Å²) in [6.07, 6.45) is 0. The first-order chi connectivity index (χ1) is 2.41. The smallest absolute Gasteiger partial charge is 1.00 e. The van der Waals surface area contributed by atoms with Crippen molar-refractivity contribution < 1.29 is 65.6 Å². The zero-order valence-corrected chi connectivity index (χ0v) is 6.38. The Morgan fingerprint density at radius 3 is 1.57 bits per heavy atom. The second-order valence-corrected chi connectivity index (χ2v) is 0.329. The Bertz CT molecular complexity index is 49.1. The summed E-state index contributed by atoms with van der Waals surface area (Å²) in [6, 6.07) is 0. The van der Waals surface area contributed by atoms with Gasteiger partial charge in [-0.2, -0.15) is 0 Å². The average molecular weight is 106 g/mol. The number of carbonyl (C=O) groups is 2. The van der Waals surface area contributed by atoms with Gasteiger partial charge in [-0.1, -0.05) is 0 Å². The fourth-order valence-corrected chi connectivity index (χ4v) is 0.0227. The molecule has 0 amide bonds. The maximum absolute atomic E-state index is 8.95. The standard InChI is InChI=1S/C2H2O3.Li.Na.2H/c3-1-5-2-4;;;;/h1-2H;;;;/q;2*+1;2*-1. The first kappa shape index (κ1) is 15.6. The van der Waals surface area contributed by atoms with Crippen molar-refractivity contribution in [3.63, 3.8) is 0 Å². The maximum atomic E-state index is 8.95. The minimum atomic E-state index is 0. The third-order valence-corrected chi connectivity index (χ3v) is 0.111. The molecule has 0 unspecified atom stereocenters. The second kappa shape index (κ2) is 15.9. The van der Waals surface area contributed by atoms with Crippen LogP contribution in [0, 0.1) is 0 Å². The SMILES string of the molecule is O=COC=O.[H-].[H-].[Li+].[Na+]. The van der Waals surface area contributed by atoms with Crippen LogP contribution in [0.15, 0.2) is 0 Å². The van der Waals surface area contributed by atoms with Gasteiger partial charge in [0.05, 0.1) is 0 Å². The molecule has 0 aliphatic rings. The van der Waals surface area contributed by atoms with Gasteiger partial charge in [0.1, 0.15) is 0 Å². The monoisotopic (exact) mass is 106 g/mol. The summed E-state index contributed by atoms with van der Waals surface area (Å²) in [7, 11) is 0. The van der Waals surface area contributed by atoms with Crippen molar-refractivity contribution in [2.24, 2.45) is 0 Å². The van der Waals surface area contributed by atoms with Crippen LogP contribution in [-0.4, -0.2) is 12.9 Å². The van der Waals surface area contributed by atoms with Crippen LogP contribution in [0.5, 0.6) is 0 Å². The van der Waals surface area contributed by atoms with E-state index in [2.05, 4.69) is 4.74 Å². The average Bonchev–Trinajstić information content (AvgIpc) is 1.41. The molecule has 32 valence electrons. The first-order valence-corrected chi connectivity index (χ1v) is 0.943. The predicted molar refractivity (Wildman–Crippen MR) is 15.4 cm³/mol. The van der Waals surface area contributed by atoms with Crippen molar-refractivity contribution in [1.82, 2.24) is 0 Å². The molecule has 0 N–H and O–H groups in total. The molecule has 5 heteroatoms. The zero-order valence-electron chi connectivity index (χ0n) is 6.38. The van der Waals surface area contributed by atoms with E-state index in [9.17, 15) is 0 Å². The number of ether oxygens (including phenoxy) is 1. The molecular formula is C2H4LiNaO3. The molecule has 7 heavy (non-hydrogen) atoms. The molecule has 0 spiro atoms. The summed E-state index contributed by atoms with van der Waals surface area (Å²) in [5, 5.41) is 0.